The molecular formula is C20H36O. The number of rotatable bonds is 12. The van der Waals surface area contributed by atoms with Gasteiger partial charge in [0.15, 0.2) is 0 Å². The molecule has 0 radical (unpaired) electrons. The van der Waals surface area contributed by atoms with Crippen LogP contribution >= 0.6 is 0 Å². The van der Waals surface area contributed by atoms with Gasteiger partial charge in [-0.15, -0.1) is 0 Å². The second kappa shape index (κ2) is 12.0. The van der Waals surface area contributed by atoms with Gasteiger partial charge in [-0.1, -0.05) is 77.4 Å². The molecule has 1 aliphatic rings. The van der Waals surface area contributed by atoms with Crippen LogP contribution in [0.3, 0.4) is 0 Å². The lowest BCUT2D eigenvalue weighted by atomic mass is 9.89. The molecule has 1 aliphatic carbocycles. The van der Waals surface area contributed by atoms with Gasteiger partial charge in [-0.3, -0.25) is 4.79 Å². The Balaban J connectivity index is 2.22. The molecular weight excluding hydrogens is 256 g/mol. The summed E-state index contributed by atoms with van der Waals surface area (Å²) in [6.45, 7) is 4.51. The van der Waals surface area contributed by atoms with E-state index in [-0.39, 0.29) is 5.92 Å². The lowest BCUT2D eigenvalue weighted by Crippen LogP contribution is -2.12. The first-order valence-corrected chi connectivity index (χ1v) is 9.49. The van der Waals surface area contributed by atoms with Crippen molar-refractivity contribution in [3.63, 3.8) is 0 Å². The van der Waals surface area contributed by atoms with Crippen LogP contribution in [-0.4, -0.2) is 5.78 Å². The summed E-state index contributed by atoms with van der Waals surface area (Å²) in [5, 5.41) is 0. The largest absolute Gasteiger partial charge is 0.299 e. The Morgan fingerprint density at radius 1 is 0.952 bits per heavy atom. The van der Waals surface area contributed by atoms with Crippen LogP contribution in [0.1, 0.15) is 97.3 Å². The van der Waals surface area contributed by atoms with Gasteiger partial charge in [0, 0.05) is 12.3 Å². The molecule has 1 rings (SSSR count). The molecule has 1 nitrogen and oxygen atoms in total. The van der Waals surface area contributed by atoms with E-state index in [1.54, 1.807) is 0 Å². The van der Waals surface area contributed by atoms with Crippen molar-refractivity contribution in [3.05, 3.63) is 12.2 Å². The number of hydrogen-bond donors (Lipinski definition) is 0. The van der Waals surface area contributed by atoms with Crippen LogP contribution < -0.4 is 0 Å². The fraction of sp³-hybridized carbons (Fsp3) is 0.850. The Labute approximate surface area is 132 Å². The van der Waals surface area contributed by atoms with Crippen molar-refractivity contribution in [1.82, 2.24) is 0 Å². The zero-order valence-electron chi connectivity index (χ0n) is 14.4. The highest BCUT2D eigenvalue weighted by molar-refractivity contribution is 5.85. The third-order valence-corrected chi connectivity index (χ3v) is 4.89. The minimum absolute atomic E-state index is 0.252. The SMILES string of the molecule is CCCCCC/C=C/C1C(=O)CCC1CCCCCCC. The first-order valence-electron chi connectivity index (χ1n) is 9.49. The highest BCUT2D eigenvalue weighted by Crippen LogP contribution is 2.34. The number of hydrogen-bond acceptors (Lipinski definition) is 1. The molecule has 0 heterocycles. The first kappa shape index (κ1) is 18.5. The van der Waals surface area contributed by atoms with E-state index in [1.165, 1.54) is 64.2 Å². The maximum Gasteiger partial charge on any atom is 0.140 e. The molecule has 1 fully saturated rings. The number of carbonyl (C=O) groups excluding carboxylic acids is 1. The molecule has 21 heavy (non-hydrogen) atoms. The maximum atomic E-state index is 12.0. The lowest BCUT2D eigenvalue weighted by Gasteiger charge is -2.14. The number of carbonyl (C=O) groups is 1. The smallest absolute Gasteiger partial charge is 0.140 e. The summed E-state index contributed by atoms with van der Waals surface area (Å²) in [5.41, 5.74) is 0. The minimum Gasteiger partial charge on any atom is -0.299 e. The second-order valence-electron chi connectivity index (χ2n) is 6.77. The van der Waals surface area contributed by atoms with E-state index < -0.39 is 0 Å². The van der Waals surface area contributed by atoms with E-state index in [0.29, 0.717) is 11.7 Å². The van der Waals surface area contributed by atoms with Crippen LogP contribution in [0, 0.1) is 11.8 Å². The number of Topliss-reactive ketones (excluding diaryl/α,β-unsaturated/α-hetero) is 1. The molecule has 1 heteroatoms. The molecule has 0 aromatic rings. The van der Waals surface area contributed by atoms with Crippen molar-refractivity contribution < 1.29 is 4.79 Å². The quantitative estimate of drug-likeness (QED) is 0.297. The van der Waals surface area contributed by atoms with Crippen LogP contribution in [0.25, 0.3) is 0 Å². The molecule has 0 spiro atoms. The summed E-state index contributed by atoms with van der Waals surface area (Å²) in [4.78, 5) is 12.0. The lowest BCUT2D eigenvalue weighted by molar-refractivity contribution is -0.119. The molecule has 0 aliphatic heterocycles. The standard InChI is InChI=1S/C20H36O/c1-3-5-7-9-11-13-15-19-18(16-17-20(19)21)14-12-10-8-6-4-2/h13,15,18-19H,3-12,14,16-17H2,1-2H3/b15-13+. The Hall–Kier alpha value is -0.590. The van der Waals surface area contributed by atoms with Gasteiger partial charge >= 0.3 is 0 Å². The van der Waals surface area contributed by atoms with E-state index >= 15 is 0 Å². The minimum atomic E-state index is 0.252. The highest BCUT2D eigenvalue weighted by atomic mass is 16.1. The highest BCUT2D eigenvalue weighted by Gasteiger charge is 2.31. The summed E-state index contributed by atoms with van der Waals surface area (Å²) in [6, 6.07) is 0. The maximum absolute atomic E-state index is 12.0. The van der Waals surface area contributed by atoms with E-state index in [9.17, 15) is 4.79 Å². The monoisotopic (exact) mass is 292 g/mol. The van der Waals surface area contributed by atoms with Gasteiger partial charge in [-0.05, 0) is 31.6 Å². The Morgan fingerprint density at radius 2 is 1.62 bits per heavy atom. The molecule has 0 amide bonds. The predicted octanol–water partition coefficient (Wildman–Crippen LogP) is 6.47. The summed E-state index contributed by atoms with van der Waals surface area (Å²) in [5.74, 6) is 1.40. The number of unbranched alkanes of at least 4 members (excludes halogenated alkanes) is 8. The molecule has 0 N–H and O–H groups in total. The third-order valence-electron chi connectivity index (χ3n) is 4.89. The Kier molecular flexibility index (Phi) is 10.6. The normalized spacial score (nSPS) is 22.5. The summed E-state index contributed by atoms with van der Waals surface area (Å²) >= 11 is 0. The molecule has 2 unspecified atom stereocenters. The zero-order valence-corrected chi connectivity index (χ0v) is 14.4. The summed E-state index contributed by atoms with van der Waals surface area (Å²) < 4.78 is 0. The average Bonchev–Trinajstić information content (AvgIpc) is 2.83. The van der Waals surface area contributed by atoms with Crippen molar-refractivity contribution in [2.45, 2.75) is 97.3 Å². The van der Waals surface area contributed by atoms with Crippen molar-refractivity contribution in [3.8, 4) is 0 Å². The average molecular weight is 293 g/mol. The fourth-order valence-corrected chi connectivity index (χ4v) is 3.47. The van der Waals surface area contributed by atoms with Crippen molar-refractivity contribution in [1.29, 1.82) is 0 Å². The molecule has 0 aromatic heterocycles. The van der Waals surface area contributed by atoms with Gasteiger partial charge in [-0.25, -0.2) is 0 Å². The van der Waals surface area contributed by atoms with Crippen LogP contribution in [-0.2, 0) is 4.79 Å². The van der Waals surface area contributed by atoms with Gasteiger partial charge in [0.2, 0.25) is 0 Å². The van der Waals surface area contributed by atoms with Gasteiger partial charge in [0.1, 0.15) is 5.78 Å². The summed E-state index contributed by atoms with van der Waals surface area (Å²) in [7, 11) is 0. The molecule has 0 aromatic carbocycles. The zero-order chi connectivity index (χ0) is 15.3. The van der Waals surface area contributed by atoms with Crippen molar-refractivity contribution >= 4 is 5.78 Å². The molecule has 0 saturated heterocycles. The molecule has 1 saturated carbocycles. The number of allylic oxidation sites excluding steroid dienone is 2. The van der Waals surface area contributed by atoms with Gasteiger partial charge in [0.25, 0.3) is 0 Å². The third kappa shape index (κ3) is 7.83. The Morgan fingerprint density at radius 3 is 2.33 bits per heavy atom. The van der Waals surface area contributed by atoms with Gasteiger partial charge < -0.3 is 0 Å². The van der Waals surface area contributed by atoms with Crippen molar-refractivity contribution in [2.75, 3.05) is 0 Å². The predicted molar refractivity (Wildman–Crippen MR) is 92.5 cm³/mol. The van der Waals surface area contributed by atoms with Crippen molar-refractivity contribution in [2.24, 2.45) is 11.8 Å². The molecule has 2 atom stereocenters. The Bertz CT molecular complexity index is 292. The number of ketones is 1. The van der Waals surface area contributed by atoms with Crippen LogP contribution in [0.2, 0.25) is 0 Å². The van der Waals surface area contributed by atoms with Crippen LogP contribution in [0.5, 0.6) is 0 Å². The van der Waals surface area contributed by atoms with E-state index in [0.717, 1.165) is 19.3 Å². The fourth-order valence-electron chi connectivity index (χ4n) is 3.47. The topological polar surface area (TPSA) is 17.1 Å². The van der Waals surface area contributed by atoms with Gasteiger partial charge in [0.05, 0.1) is 0 Å². The molecule has 0 bridgehead atoms. The second-order valence-corrected chi connectivity index (χ2v) is 6.77. The first-order chi connectivity index (χ1) is 10.3. The van der Waals surface area contributed by atoms with E-state index in [2.05, 4.69) is 26.0 Å². The van der Waals surface area contributed by atoms with E-state index in [4.69, 9.17) is 0 Å². The van der Waals surface area contributed by atoms with Crippen LogP contribution in [0.15, 0.2) is 12.2 Å². The van der Waals surface area contributed by atoms with Gasteiger partial charge in [-0.2, -0.15) is 0 Å². The van der Waals surface area contributed by atoms with Crippen LogP contribution in [0.4, 0.5) is 0 Å². The summed E-state index contributed by atoms with van der Waals surface area (Å²) in [6.07, 6.45) is 20.9. The molecule has 122 valence electrons. The van der Waals surface area contributed by atoms with E-state index in [1.807, 2.05) is 0 Å².